The summed E-state index contributed by atoms with van der Waals surface area (Å²) in [7, 11) is 0. The van der Waals surface area contributed by atoms with Crippen molar-refractivity contribution in [1.29, 1.82) is 0 Å². The molecule has 0 bridgehead atoms. The SMILES string of the molecule is CC(=O)OC(C(=O)N=C=O)c1ccco1. The summed E-state index contributed by atoms with van der Waals surface area (Å²) in [6, 6.07) is 2.95. The van der Waals surface area contributed by atoms with Crippen LogP contribution in [0.15, 0.2) is 27.8 Å². The highest BCUT2D eigenvalue weighted by Crippen LogP contribution is 2.19. The Morgan fingerprint density at radius 3 is 2.80 bits per heavy atom. The third kappa shape index (κ3) is 2.89. The zero-order valence-electron chi connectivity index (χ0n) is 7.80. The molecule has 6 heteroatoms. The van der Waals surface area contributed by atoms with Gasteiger partial charge in [-0.25, -0.2) is 4.79 Å². The highest BCUT2D eigenvalue weighted by molar-refractivity contribution is 5.87. The number of furan rings is 1. The summed E-state index contributed by atoms with van der Waals surface area (Å²) in [5.41, 5.74) is 0. The Kier molecular flexibility index (Phi) is 3.54. The molecule has 0 spiro atoms. The van der Waals surface area contributed by atoms with Gasteiger partial charge < -0.3 is 9.15 Å². The molecule has 0 fully saturated rings. The van der Waals surface area contributed by atoms with E-state index in [9.17, 15) is 14.4 Å². The molecule has 0 saturated carbocycles. The van der Waals surface area contributed by atoms with E-state index in [1.807, 2.05) is 0 Å². The molecular weight excluding hydrogens is 202 g/mol. The van der Waals surface area contributed by atoms with Crippen LogP contribution in [-0.4, -0.2) is 18.0 Å². The highest BCUT2D eigenvalue weighted by atomic mass is 16.6. The summed E-state index contributed by atoms with van der Waals surface area (Å²) in [5, 5.41) is 0. The summed E-state index contributed by atoms with van der Waals surface area (Å²) < 4.78 is 9.53. The van der Waals surface area contributed by atoms with Gasteiger partial charge in [-0.3, -0.25) is 9.59 Å². The minimum Gasteiger partial charge on any atom is -0.465 e. The molecule has 1 amide bonds. The van der Waals surface area contributed by atoms with Crippen LogP contribution in [0.2, 0.25) is 0 Å². The molecule has 0 aliphatic rings. The Hall–Kier alpha value is -2.20. The lowest BCUT2D eigenvalue weighted by Crippen LogP contribution is -2.16. The van der Waals surface area contributed by atoms with Gasteiger partial charge in [0.2, 0.25) is 12.2 Å². The molecule has 0 N–H and O–H groups in total. The third-order valence-corrected chi connectivity index (χ3v) is 1.47. The van der Waals surface area contributed by atoms with Gasteiger partial charge in [0.25, 0.3) is 0 Å². The molecule has 1 aromatic rings. The van der Waals surface area contributed by atoms with Crippen LogP contribution in [-0.2, 0) is 19.1 Å². The molecule has 0 aliphatic heterocycles. The van der Waals surface area contributed by atoms with Gasteiger partial charge in [-0.1, -0.05) is 0 Å². The molecule has 1 heterocycles. The fraction of sp³-hybridized carbons (Fsp3) is 0.222. The molecule has 1 atom stereocenters. The molecule has 0 aromatic carbocycles. The predicted molar refractivity (Wildman–Crippen MR) is 46.3 cm³/mol. The fourth-order valence-corrected chi connectivity index (χ4v) is 0.940. The van der Waals surface area contributed by atoms with Gasteiger partial charge >= 0.3 is 11.9 Å². The normalized spacial score (nSPS) is 11.3. The van der Waals surface area contributed by atoms with E-state index in [0.29, 0.717) is 0 Å². The second-order valence-corrected chi connectivity index (χ2v) is 2.55. The number of ether oxygens (including phenoxy) is 1. The van der Waals surface area contributed by atoms with Crippen molar-refractivity contribution in [3.8, 4) is 0 Å². The fourth-order valence-electron chi connectivity index (χ4n) is 0.940. The molecule has 0 aliphatic carbocycles. The number of hydrogen-bond acceptors (Lipinski definition) is 5. The van der Waals surface area contributed by atoms with Crippen molar-refractivity contribution in [2.75, 3.05) is 0 Å². The number of aliphatic imine (C=N–C) groups is 1. The first-order valence-electron chi connectivity index (χ1n) is 3.97. The minimum atomic E-state index is -1.32. The second kappa shape index (κ2) is 4.88. The largest absolute Gasteiger partial charge is 0.465 e. The van der Waals surface area contributed by atoms with Crippen LogP contribution in [0.25, 0.3) is 0 Å². The van der Waals surface area contributed by atoms with E-state index in [2.05, 4.69) is 9.73 Å². The van der Waals surface area contributed by atoms with Gasteiger partial charge in [-0.05, 0) is 12.1 Å². The van der Waals surface area contributed by atoms with Crippen molar-refractivity contribution in [1.82, 2.24) is 0 Å². The number of hydrogen-bond donors (Lipinski definition) is 0. The maximum absolute atomic E-state index is 11.2. The lowest BCUT2D eigenvalue weighted by Gasteiger charge is -2.09. The first-order chi connectivity index (χ1) is 7.15. The number of carbonyl (C=O) groups excluding carboxylic acids is 3. The molecule has 6 nitrogen and oxygen atoms in total. The van der Waals surface area contributed by atoms with E-state index in [-0.39, 0.29) is 5.76 Å². The van der Waals surface area contributed by atoms with E-state index >= 15 is 0 Å². The summed E-state index contributed by atoms with van der Waals surface area (Å²) in [5.74, 6) is -1.50. The maximum Gasteiger partial charge on any atom is 0.305 e. The summed E-state index contributed by atoms with van der Waals surface area (Å²) in [6.07, 6.45) is 1.06. The smallest absolute Gasteiger partial charge is 0.305 e. The van der Waals surface area contributed by atoms with Crippen LogP contribution in [0.3, 0.4) is 0 Å². The molecule has 0 radical (unpaired) electrons. The van der Waals surface area contributed by atoms with Crippen LogP contribution in [0.5, 0.6) is 0 Å². The molecule has 1 unspecified atom stereocenters. The second-order valence-electron chi connectivity index (χ2n) is 2.55. The zero-order valence-corrected chi connectivity index (χ0v) is 7.80. The Bertz CT molecular complexity index is 402. The number of amides is 1. The molecule has 1 aromatic heterocycles. The third-order valence-electron chi connectivity index (χ3n) is 1.47. The molecule has 15 heavy (non-hydrogen) atoms. The lowest BCUT2D eigenvalue weighted by molar-refractivity contribution is -0.154. The summed E-state index contributed by atoms with van der Waals surface area (Å²) >= 11 is 0. The topological polar surface area (TPSA) is 85.9 Å². The van der Waals surface area contributed by atoms with E-state index in [1.165, 1.54) is 18.4 Å². The first kappa shape index (κ1) is 10.9. The quantitative estimate of drug-likeness (QED) is 0.416. The number of nitrogens with zero attached hydrogens (tertiary/aromatic N) is 1. The van der Waals surface area contributed by atoms with Gasteiger partial charge in [-0.2, -0.15) is 0 Å². The average Bonchev–Trinajstić information content (AvgIpc) is 2.66. The Labute approximate surface area is 84.5 Å². The van der Waals surface area contributed by atoms with Crippen molar-refractivity contribution in [2.24, 2.45) is 4.99 Å². The van der Waals surface area contributed by atoms with Crippen LogP contribution in [0, 0.1) is 0 Å². The maximum atomic E-state index is 11.2. The van der Waals surface area contributed by atoms with Crippen LogP contribution in [0.4, 0.5) is 0 Å². The van der Waals surface area contributed by atoms with Crippen molar-refractivity contribution in [3.05, 3.63) is 24.2 Å². The molecule has 1 rings (SSSR count). The zero-order chi connectivity index (χ0) is 11.3. The van der Waals surface area contributed by atoms with Crippen LogP contribution in [0.1, 0.15) is 18.8 Å². The van der Waals surface area contributed by atoms with Crippen LogP contribution >= 0.6 is 0 Å². The van der Waals surface area contributed by atoms with Gasteiger partial charge in [-0.15, -0.1) is 4.99 Å². The van der Waals surface area contributed by atoms with E-state index in [4.69, 9.17) is 4.42 Å². The number of carbonyl (C=O) groups is 2. The standard InChI is InChI=1S/C9H7NO5/c1-6(12)15-8(9(13)10-5-11)7-3-2-4-14-7/h2-4,8H,1H3. The molecular formula is C9H7NO5. The van der Waals surface area contributed by atoms with Crippen molar-refractivity contribution in [2.45, 2.75) is 13.0 Å². The average molecular weight is 209 g/mol. The lowest BCUT2D eigenvalue weighted by atomic mass is 10.2. The molecule has 78 valence electrons. The van der Waals surface area contributed by atoms with Gasteiger partial charge in [0.15, 0.2) is 5.76 Å². The minimum absolute atomic E-state index is 0.106. The Balaban J connectivity index is 2.92. The van der Waals surface area contributed by atoms with Crippen molar-refractivity contribution in [3.63, 3.8) is 0 Å². The monoisotopic (exact) mass is 209 g/mol. The highest BCUT2D eigenvalue weighted by Gasteiger charge is 2.26. The van der Waals surface area contributed by atoms with Gasteiger partial charge in [0.05, 0.1) is 6.26 Å². The Morgan fingerprint density at radius 2 is 2.33 bits per heavy atom. The van der Waals surface area contributed by atoms with Crippen LogP contribution < -0.4 is 0 Å². The number of esters is 1. The van der Waals surface area contributed by atoms with Crippen molar-refractivity contribution >= 4 is 18.0 Å². The van der Waals surface area contributed by atoms with Crippen molar-refractivity contribution < 1.29 is 23.5 Å². The van der Waals surface area contributed by atoms with E-state index < -0.39 is 18.0 Å². The Morgan fingerprint density at radius 1 is 1.60 bits per heavy atom. The van der Waals surface area contributed by atoms with Gasteiger partial charge in [0, 0.05) is 6.92 Å². The summed E-state index contributed by atoms with van der Waals surface area (Å²) in [4.78, 5) is 34.7. The van der Waals surface area contributed by atoms with E-state index in [0.717, 1.165) is 13.0 Å². The van der Waals surface area contributed by atoms with Gasteiger partial charge in [0.1, 0.15) is 0 Å². The summed E-state index contributed by atoms with van der Waals surface area (Å²) in [6.45, 7) is 1.13. The first-order valence-corrected chi connectivity index (χ1v) is 3.97. The number of isocyanates is 1. The predicted octanol–water partition coefficient (Wildman–Crippen LogP) is 0.746. The number of rotatable bonds is 3. The van der Waals surface area contributed by atoms with E-state index in [1.54, 1.807) is 0 Å². The molecule has 0 saturated heterocycles.